The van der Waals surface area contributed by atoms with Crippen LogP contribution in [0.25, 0.3) is 0 Å². The summed E-state index contributed by atoms with van der Waals surface area (Å²) in [5.74, 6) is 1.57. The fraction of sp³-hybridized carbons (Fsp3) is 0.357. The molecule has 0 radical (unpaired) electrons. The highest BCUT2D eigenvalue weighted by atomic mass is 35.5. The van der Waals surface area contributed by atoms with Gasteiger partial charge in [0.05, 0.1) is 11.9 Å². The molecule has 1 N–H and O–H groups in total. The molecule has 1 aromatic rings. The third-order valence-corrected chi connectivity index (χ3v) is 3.69. The molecule has 0 saturated heterocycles. The minimum atomic E-state index is -0.0891. The standard InChI is InChI=1S/C14H18ClNO2S/c1-3-8-16-14(17)11(2)19-10-9-18-13-6-4-12(15)5-7-13/h3-7,11H,1,8-10H2,2H3,(H,16,17). The number of rotatable bonds is 8. The van der Waals surface area contributed by atoms with Crippen LogP contribution in [0.2, 0.25) is 5.02 Å². The van der Waals surface area contributed by atoms with Crippen LogP contribution in [-0.4, -0.2) is 30.1 Å². The highest BCUT2D eigenvalue weighted by molar-refractivity contribution is 8.00. The lowest BCUT2D eigenvalue weighted by Gasteiger charge is -2.11. The zero-order valence-corrected chi connectivity index (χ0v) is 12.5. The van der Waals surface area contributed by atoms with Crippen LogP contribution in [0.3, 0.4) is 0 Å². The van der Waals surface area contributed by atoms with Gasteiger partial charge in [0.25, 0.3) is 0 Å². The van der Waals surface area contributed by atoms with Crippen LogP contribution in [0, 0.1) is 0 Å². The van der Waals surface area contributed by atoms with Crippen molar-refractivity contribution in [1.29, 1.82) is 0 Å². The van der Waals surface area contributed by atoms with E-state index >= 15 is 0 Å². The zero-order chi connectivity index (χ0) is 14.1. The van der Waals surface area contributed by atoms with Crippen LogP contribution in [-0.2, 0) is 4.79 Å². The van der Waals surface area contributed by atoms with Gasteiger partial charge in [-0.2, -0.15) is 0 Å². The molecule has 0 bridgehead atoms. The maximum absolute atomic E-state index is 11.6. The quantitative estimate of drug-likeness (QED) is 0.592. The molecule has 3 nitrogen and oxygen atoms in total. The second kappa shape index (κ2) is 8.88. The average Bonchev–Trinajstić information content (AvgIpc) is 2.42. The van der Waals surface area contributed by atoms with Crippen molar-refractivity contribution < 1.29 is 9.53 Å². The van der Waals surface area contributed by atoms with E-state index in [0.29, 0.717) is 18.2 Å². The monoisotopic (exact) mass is 299 g/mol. The first kappa shape index (κ1) is 15.9. The van der Waals surface area contributed by atoms with Crippen molar-refractivity contribution >= 4 is 29.3 Å². The molecular weight excluding hydrogens is 282 g/mol. The van der Waals surface area contributed by atoms with E-state index in [1.165, 1.54) is 0 Å². The van der Waals surface area contributed by atoms with Crippen LogP contribution < -0.4 is 10.1 Å². The molecule has 0 fully saturated rings. The Morgan fingerprint density at radius 3 is 2.84 bits per heavy atom. The van der Waals surface area contributed by atoms with Crippen molar-refractivity contribution in [3.63, 3.8) is 0 Å². The molecule has 1 amide bonds. The van der Waals surface area contributed by atoms with Crippen LogP contribution in [0.4, 0.5) is 0 Å². The number of hydrogen-bond donors (Lipinski definition) is 1. The largest absolute Gasteiger partial charge is 0.493 e. The van der Waals surface area contributed by atoms with Gasteiger partial charge in [-0.25, -0.2) is 0 Å². The second-order valence-electron chi connectivity index (χ2n) is 3.85. The van der Waals surface area contributed by atoms with Crippen molar-refractivity contribution in [2.45, 2.75) is 12.2 Å². The number of amides is 1. The Kier molecular flexibility index (Phi) is 7.45. The maximum Gasteiger partial charge on any atom is 0.233 e. The third kappa shape index (κ3) is 6.55. The first-order valence-corrected chi connectivity index (χ1v) is 7.44. The minimum absolute atomic E-state index is 0.0244. The summed E-state index contributed by atoms with van der Waals surface area (Å²) in [6, 6.07) is 7.23. The van der Waals surface area contributed by atoms with E-state index in [0.717, 1.165) is 11.5 Å². The molecule has 1 rings (SSSR count). The summed E-state index contributed by atoms with van der Waals surface area (Å²) < 4.78 is 5.54. The SMILES string of the molecule is C=CCNC(=O)C(C)SCCOc1ccc(Cl)cc1. The number of ether oxygens (including phenoxy) is 1. The van der Waals surface area contributed by atoms with Gasteiger partial charge in [0, 0.05) is 17.3 Å². The summed E-state index contributed by atoms with van der Waals surface area (Å²) in [5.41, 5.74) is 0. The molecule has 1 atom stereocenters. The summed E-state index contributed by atoms with van der Waals surface area (Å²) in [6.45, 7) is 6.50. The number of halogens is 1. The van der Waals surface area contributed by atoms with Crippen LogP contribution in [0.5, 0.6) is 5.75 Å². The highest BCUT2D eigenvalue weighted by Crippen LogP contribution is 2.16. The van der Waals surface area contributed by atoms with E-state index in [9.17, 15) is 4.79 Å². The molecule has 0 aromatic heterocycles. The van der Waals surface area contributed by atoms with Crippen molar-refractivity contribution in [2.24, 2.45) is 0 Å². The van der Waals surface area contributed by atoms with Crippen LogP contribution in [0.1, 0.15) is 6.92 Å². The van der Waals surface area contributed by atoms with E-state index in [1.54, 1.807) is 30.0 Å². The van der Waals surface area contributed by atoms with E-state index in [-0.39, 0.29) is 11.2 Å². The Morgan fingerprint density at radius 2 is 2.21 bits per heavy atom. The van der Waals surface area contributed by atoms with Gasteiger partial charge in [0.15, 0.2) is 0 Å². The van der Waals surface area contributed by atoms with Gasteiger partial charge >= 0.3 is 0 Å². The lowest BCUT2D eigenvalue weighted by atomic mass is 10.3. The molecular formula is C14H18ClNO2S. The Balaban J connectivity index is 2.18. The number of carbonyl (C=O) groups is 1. The molecule has 0 aliphatic heterocycles. The molecule has 104 valence electrons. The number of thioether (sulfide) groups is 1. The molecule has 19 heavy (non-hydrogen) atoms. The highest BCUT2D eigenvalue weighted by Gasteiger charge is 2.11. The van der Waals surface area contributed by atoms with E-state index in [2.05, 4.69) is 11.9 Å². The predicted octanol–water partition coefficient (Wildman–Crippen LogP) is 3.14. The Hall–Kier alpha value is -1.13. The van der Waals surface area contributed by atoms with E-state index in [4.69, 9.17) is 16.3 Å². The van der Waals surface area contributed by atoms with Gasteiger partial charge in [0.1, 0.15) is 5.75 Å². The fourth-order valence-electron chi connectivity index (χ4n) is 1.31. The lowest BCUT2D eigenvalue weighted by molar-refractivity contribution is -0.120. The smallest absolute Gasteiger partial charge is 0.233 e. The first-order chi connectivity index (χ1) is 9.13. The van der Waals surface area contributed by atoms with Crippen molar-refractivity contribution in [1.82, 2.24) is 5.32 Å². The molecule has 0 aliphatic carbocycles. The first-order valence-electron chi connectivity index (χ1n) is 6.02. The van der Waals surface area contributed by atoms with Gasteiger partial charge < -0.3 is 10.1 Å². The Morgan fingerprint density at radius 1 is 1.53 bits per heavy atom. The number of carbonyl (C=O) groups excluding carboxylic acids is 1. The molecule has 0 aliphatic rings. The number of benzene rings is 1. The molecule has 5 heteroatoms. The molecule has 1 aromatic carbocycles. The fourth-order valence-corrected chi connectivity index (χ4v) is 2.20. The second-order valence-corrected chi connectivity index (χ2v) is 5.73. The van der Waals surface area contributed by atoms with Gasteiger partial charge in [-0.3, -0.25) is 4.79 Å². The van der Waals surface area contributed by atoms with Gasteiger partial charge in [-0.05, 0) is 31.2 Å². The van der Waals surface area contributed by atoms with Gasteiger partial charge in [0.2, 0.25) is 5.91 Å². The zero-order valence-electron chi connectivity index (χ0n) is 10.9. The maximum atomic E-state index is 11.6. The van der Waals surface area contributed by atoms with Crippen LogP contribution in [0.15, 0.2) is 36.9 Å². The van der Waals surface area contributed by atoms with Crippen molar-refractivity contribution in [3.05, 3.63) is 41.9 Å². The normalized spacial score (nSPS) is 11.7. The summed E-state index contributed by atoms with van der Waals surface area (Å²) in [4.78, 5) is 11.6. The summed E-state index contributed by atoms with van der Waals surface area (Å²) in [5, 5.41) is 3.36. The Bertz CT molecular complexity index is 408. The summed E-state index contributed by atoms with van der Waals surface area (Å²) >= 11 is 7.34. The topological polar surface area (TPSA) is 38.3 Å². The van der Waals surface area contributed by atoms with E-state index in [1.807, 2.05) is 19.1 Å². The van der Waals surface area contributed by atoms with Gasteiger partial charge in [-0.1, -0.05) is 17.7 Å². The minimum Gasteiger partial charge on any atom is -0.493 e. The van der Waals surface area contributed by atoms with E-state index < -0.39 is 0 Å². The van der Waals surface area contributed by atoms with Gasteiger partial charge in [-0.15, -0.1) is 18.3 Å². The molecule has 0 saturated carbocycles. The summed E-state index contributed by atoms with van der Waals surface area (Å²) in [6.07, 6.45) is 1.67. The molecule has 1 unspecified atom stereocenters. The number of nitrogens with one attached hydrogen (secondary N) is 1. The van der Waals surface area contributed by atoms with Crippen molar-refractivity contribution in [2.75, 3.05) is 18.9 Å². The summed E-state index contributed by atoms with van der Waals surface area (Å²) in [7, 11) is 0. The predicted molar refractivity (Wildman–Crippen MR) is 82.1 cm³/mol. The van der Waals surface area contributed by atoms with Crippen LogP contribution >= 0.6 is 23.4 Å². The number of hydrogen-bond acceptors (Lipinski definition) is 3. The van der Waals surface area contributed by atoms with Crippen molar-refractivity contribution in [3.8, 4) is 5.75 Å². The Labute approximate surface area is 123 Å². The molecule has 0 spiro atoms. The third-order valence-electron chi connectivity index (χ3n) is 2.32. The molecule has 0 heterocycles. The lowest BCUT2D eigenvalue weighted by Crippen LogP contribution is -2.31. The average molecular weight is 300 g/mol.